The van der Waals surface area contributed by atoms with Crippen molar-refractivity contribution in [2.75, 3.05) is 52.5 Å². The molecule has 0 fully saturated rings. The van der Waals surface area contributed by atoms with Crippen molar-refractivity contribution in [3.05, 3.63) is 52.6 Å². The van der Waals surface area contributed by atoms with E-state index < -0.39 is 4.92 Å². The van der Waals surface area contributed by atoms with Crippen molar-refractivity contribution in [2.45, 2.75) is 0 Å². The van der Waals surface area contributed by atoms with Crippen LogP contribution in [0.1, 0.15) is 0 Å². The predicted molar refractivity (Wildman–Crippen MR) is 106 cm³/mol. The average Bonchev–Trinajstić information content (AvgIpc) is 2.71. The number of ether oxygens (including phenoxy) is 3. The molecule has 150 valence electrons. The summed E-state index contributed by atoms with van der Waals surface area (Å²) >= 11 is 0. The maximum absolute atomic E-state index is 11.0. The third kappa shape index (κ3) is 6.29. The largest absolute Gasteiger partial charge is 0.489 e. The summed E-state index contributed by atoms with van der Waals surface area (Å²) in [7, 11) is 5.20. The molecule has 0 aliphatic rings. The first kappa shape index (κ1) is 21.3. The molecule has 0 radical (unpaired) electrons. The van der Waals surface area contributed by atoms with Gasteiger partial charge >= 0.3 is 0 Å². The molecule has 0 spiro atoms. The van der Waals surface area contributed by atoms with Crippen molar-refractivity contribution >= 4 is 22.7 Å². The van der Waals surface area contributed by atoms with Crippen molar-refractivity contribution in [3.63, 3.8) is 0 Å². The molecular weight excluding hydrogens is 364 g/mol. The Morgan fingerprint density at radius 1 is 1.00 bits per heavy atom. The number of nitrogens with zero attached hydrogens (tertiary/aromatic N) is 4. The molecule has 0 aliphatic carbocycles. The smallest absolute Gasteiger partial charge is 0.273 e. The highest BCUT2D eigenvalue weighted by Crippen LogP contribution is 2.33. The second-order valence-corrected chi connectivity index (χ2v) is 5.88. The molecule has 2 rings (SSSR count). The van der Waals surface area contributed by atoms with Crippen LogP contribution in [0, 0.1) is 10.1 Å². The highest BCUT2D eigenvalue weighted by Gasteiger charge is 2.12. The van der Waals surface area contributed by atoms with E-state index in [9.17, 15) is 10.1 Å². The molecule has 9 heteroatoms. The van der Waals surface area contributed by atoms with Gasteiger partial charge in [-0.25, -0.2) is 0 Å². The Labute approximate surface area is 163 Å². The molecule has 9 nitrogen and oxygen atoms in total. The van der Waals surface area contributed by atoms with Gasteiger partial charge in [0.1, 0.15) is 12.3 Å². The normalized spacial score (nSPS) is 11.0. The van der Waals surface area contributed by atoms with E-state index >= 15 is 0 Å². The molecule has 2 aromatic carbocycles. The van der Waals surface area contributed by atoms with E-state index in [4.69, 9.17) is 14.2 Å². The van der Waals surface area contributed by atoms with Crippen LogP contribution >= 0.6 is 0 Å². The number of nitro benzene ring substituents is 1. The van der Waals surface area contributed by atoms with E-state index in [0.717, 1.165) is 12.2 Å². The Morgan fingerprint density at radius 2 is 1.71 bits per heavy atom. The topological polar surface area (TPSA) is 98.8 Å². The first-order chi connectivity index (χ1) is 13.5. The number of hydrogen-bond acceptors (Lipinski definition) is 8. The van der Waals surface area contributed by atoms with E-state index in [0.29, 0.717) is 24.6 Å². The minimum Gasteiger partial charge on any atom is -0.489 e. The molecule has 0 heterocycles. The summed E-state index contributed by atoms with van der Waals surface area (Å²) in [6, 6.07) is 11.8. The average molecular weight is 388 g/mol. The van der Waals surface area contributed by atoms with Crippen molar-refractivity contribution in [1.29, 1.82) is 0 Å². The Bertz CT molecular complexity index is 795. The lowest BCUT2D eigenvalue weighted by atomic mass is 10.2. The van der Waals surface area contributed by atoms with Gasteiger partial charge < -0.3 is 19.1 Å². The number of anilines is 1. The fourth-order valence-corrected chi connectivity index (χ4v) is 2.29. The van der Waals surface area contributed by atoms with E-state index in [-0.39, 0.29) is 18.0 Å². The quantitative estimate of drug-likeness (QED) is 0.248. The van der Waals surface area contributed by atoms with Crippen LogP contribution in [0.25, 0.3) is 0 Å². The van der Waals surface area contributed by atoms with Crippen LogP contribution in [0.4, 0.5) is 22.7 Å². The second-order valence-electron chi connectivity index (χ2n) is 5.88. The van der Waals surface area contributed by atoms with Gasteiger partial charge in [-0.3, -0.25) is 10.1 Å². The number of azo groups is 1. The zero-order valence-electron chi connectivity index (χ0n) is 16.2. The highest BCUT2D eigenvalue weighted by atomic mass is 16.6. The number of rotatable bonds is 11. The maximum atomic E-state index is 11.0. The van der Waals surface area contributed by atoms with Crippen molar-refractivity contribution < 1.29 is 19.1 Å². The summed E-state index contributed by atoms with van der Waals surface area (Å²) in [6.45, 7) is 2.03. The van der Waals surface area contributed by atoms with Gasteiger partial charge in [-0.15, -0.1) is 5.11 Å². The van der Waals surface area contributed by atoms with Crippen molar-refractivity contribution in [3.8, 4) is 5.75 Å². The SMILES string of the molecule is COCCOc1cc([N+](=O)[O-])ccc1N=Nc1ccc(N(C)CCOC)cc1. The number of likely N-dealkylation sites (N-methyl/N-ethyl adjacent to an activating group) is 1. The molecule has 0 N–H and O–H groups in total. The number of hydrogen-bond donors (Lipinski definition) is 0. The Balaban J connectivity index is 2.14. The Hall–Kier alpha value is -3.04. The number of nitro groups is 1. The molecule has 0 atom stereocenters. The molecule has 0 saturated carbocycles. The summed E-state index contributed by atoms with van der Waals surface area (Å²) in [6.07, 6.45) is 0. The molecular formula is C19H24N4O5. The molecule has 0 aliphatic heterocycles. The summed E-state index contributed by atoms with van der Waals surface area (Å²) in [4.78, 5) is 12.6. The first-order valence-corrected chi connectivity index (χ1v) is 8.67. The molecule has 0 amide bonds. The summed E-state index contributed by atoms with van der Waals surface area (Å²) < 4.78 is 15.6. The lowest BCUT2D eigenvalue weighted by Crippen LogP contribution is -2.21. The van der Waals surface area contributed by atoms with Crippen LogP contribution in [-0.4, -0.2) is 52.6 Å². The Kier molecular flexibility index (Phi) is 8.32. The van der Waals surface area contributed by atoms with Gasteiger partial charge in [-0.1, -0.05) is 0 Å². The van der Waals surface area contributed by atoms with Gasteiger partial charge in [0.2, 0.25) is 0 Å². The molecule has 2 aromatic rings. The van der Waals surface area contributed by atoms with E-state index in [1.54, 1.807) is 14.2 Å². The highest BCUT2D eigenvalue weighted by molar-refractivity contribution is 5.57. The minimum atomic E-state index is -0.483. The van der Waals surface area contributed by atoms with Crippen LogP contribution < -0.4 is 9.64 Å². The van der Waals surface area contributed by atoms with Crippen molar-refractivity contribution in [1.82, 2.24) is 0 Å². The van der Waals surface area contributed by atoms with Gasteiger partial charge in [-0.05, 0) is 30.3 Å². The van der Waals surface area contributed by atoms with E-state index in [1.807, 2.05) is 31.3 Å². The fraction of sp³-hybridized carbons (Fsp3) is 0.368. The number of methoxy groups -OCH3 is 2. The van der Waals surface area contributed by atoms with Crippen LogP contribution in [0.15, 0.2) is 52.7 Å². The fourth-order valence-electron chi connectivity index (χ4n) is 2.29. The Morgan fingerprint density at radius 3 is 2.36 bits per heavy atom. The summed E-state index contributed by atoms with van der Waals surface area (Å²) in [5.74, 6) is 0.283. The molecule has 0 saturated heterocycles. The maximum Gasteiger partial charge on any atom is 0.273 e. The van der Waals surface area contributed by atoms with Crippen LogP contribution in [0.3, 0.4) is 0 Å². The zero-order chi connectivity index (χ0) is 20.4. The van der Waals surface area contributed by atoms with Crippen LogP contribution in [-0.2, 0) is 9.47 Å². The lowest BCUT2D eigenvalue weighted by molar-refractivity contribution is -0.384. The molecule has 28 heavy (non-hydrogen) atoms. The number of benzene rings is 2. The van der Waals surface area contributed by atoms with Crippen LogP contribution in [0.5, 0.6) is 5.75 Å². The van der Waals surface area contributed by atoms with E-state index in [1.165, 1.54) is 18.2 Å². The summed E-state index contributed by atoms with van der Waals surface area (Å²) in [5.41, 5.74) is 2.03. The monoisotopic (exact) mass is 388 g/mol. The number of non-ortho nitro benzene ring substituents is 1. The zero-order valence-corrected chi connectivity index (χ0v) is 16.2. The third-order valence-electron chi connectivity index (χ3n) is 3.89. The minimum absolute atomic E-state index is 0.0742. The summed E-state index contributed by atoms with van der Waals surface area (Å²) in [5, 5.41) is 19.4. The van der Waals surface area contributed by atoms with Gasteiger partial charge in [-0.2, -0.15) is 5.11 Å². The molecule has 0 bridgehead atoms. The van der Waals surface area contributed by atoms with Gasteiger partial charge in [0.05, 0.1) is 29.9 Å². The van der Waals surface area contributed by atoms with Gasteiger partial charge in [0.25, 0.3) is 5.69 Å². The van der Waals surface area contributed by atoms with Gasteiger partial charge in [0.15, 0.2) is 5.75 Å². The van der Waals surface area contributed by atoms with Gasteiger partial charge in [0, 0.05) is 39.6 Å². The lowest BCUT2D eigenvalue weighted by Gasteiger charge is -2.18. The molecule has 0 aromatic heterocycles. The van der Waals surface area contributed by atoms with Crippen molar-refractivity contribution in [2.24, 2.45) is 10.2 Å². The first-order valence-electron chi connectivity index (χ1n) is 8.67. The second kappa shape index (κ2) is 11.0. The predicted octanol–water partition coefficient (Wildman–Crippen LogP) is 4.12. The standard InChI is InChI=1S/C19H24N4O5/c1-22(10-11-26-2)16-6-4-15(5-7-16)20-21-18-9-8-17(23(24)25)14-19(18)28-13-12-27-3/h4-9,14H,10-13H2,1-3H3. The molecule has 0 unspecified atom stereocenters. The third-order valence-corrected chi connectivity index (χ3v) is 3.89. The van der Waals surface area contributed by atoms with Crippen LogP contribution in [0.2, 0.25) is 0 Å². The van der Waals surface area contributed by atoms with E-state index in [2.05, 4.69) is 15.1 Å².